The minimum atomic E-state index is -3.40. The molecule has 1 heterocycles. The van der Waals surface area contributed by atoms with E-state index in [9.17, 15) is 13.2 Å². The summed E-state index contributed by atoms with van der Waals surface area (Å²) in [7, 11) is -3.40. The zero-order valence-electron chi connectivity index (χ0n) is 11.1. The SMILES string of the molecule is Cc1ccc(C(=O)Nc2ccccc2S(C)(=O)=O)cn1. The second-order valence-corrected chi connectivity index (χ2v) is 6.39. The summed E-state index contributed by atoms with van der Waals surface area (Å²) in [5.41, 5.74) is 1.44. The molecule has 20 heavy (non-hydrogen) atoms. The monoisotopic (exact) mass is 290 g/mol. The van der Waals surface area contributed by atoms with Crippen LogP contribution in [0.4, 0.5) is 5.69 Å². The fourth-order valence-electron chi connectivity index (χ4n) is 1.69. The number of amides is 1. The summed E-state index contributed by atoms with van der Waals surface area (Å²) >= 11 is 0. The maximum Gasteiger partial charge on any atom is 0.257 e. The van der Waals surface area contributed by atoms with Crippen molar-refractivity contribution in [1.29, 1.82) is 0 Å². The highest BCUT2D eigenvalue weighted by Crippen LogP contribution is 2.21. The van der Waals surface area contributed by atoms with Crippen molar-refractivity contribution in [2.24, 2.45) is 0 Å². The molecule has 1 amide bonds. The zero-order valence-corrected chi connectivity index (χ0v) is 11.9. The van der Waals surface area contributed by atoms with Gasteiger partial charge in [-0.3, -0.25) is 9.78 Å². The van der Waals surface area contributed by atoms with Crippen molar-refractivity contribution in [1.82, 2.24) is 4.98 Å². The molecule has 0 atom stereocenters. The highest BCUT2D eigenvalue weighted by Gasteiger charge is 2.15. The molecule has 0 saturated carbocycles. The van der Waals surface area contributed by atoms with Crippen molar-refractivity contribution >= 4 is 21.4 Å². The van der Waals surface area contributed by atoms with Gasteiger partial charge in [-0.25, -0.2) is 8.42 Å². The second kappa shape index (κ2) is 5.42. The lowest BCUT2D eigenvalue weighted by molar-refractivity contribution is 0.102. The third-order valence-corrected chi connectivity index (χ3v) is 3.86. The van der Waals surface area contributed by atoms with Gasteiger partial charge in [-0.2, -0.15) is 0 Å². The van der Waals surface area contributed by atoms with Crippen molar-refractivity contribution < 1.29 is 13.2 Å². The fraction of sp³-hybridized carbons (Fsp3) is 0.143. The van der Waals surface area contributed by atoms with Gasteiger partial charge in [0.05, 0.1) is 16.1 Å². The van der Waals surface area contributed by atoms with Gasteiger partial charge in [0.25, 0.3) is 5.91 Å². The van der Waals surface area contributed by atoms with Crippen LogP contribution in [0.1, 0.15) is 16.1 Å². The Balaban J connectivity index is 2.31. The molecule has 2 rings (SSSR count). The molecular formula is C14H14N2O3S. The van der Waals surface area contributed by atoms with Gasteiger partial charge in [0, 0.05) is 18.1 Å². The Bertz CT molecular complexity index is 737. The summed E-state index contributed by atoms with van der Waals surface area (Å²) in [4.78, 5) is 16.2. The predicted octanol–water partition coefficient (Wildman–Crippen LogP) is 2.05. The van der Waals surface area contributed by atoms with E-state index < -0.39 is 15.7 Å². The Labute approximate surface area is 117 Å². The number of para-hydroxylation sites is 1. The molecule has 0 unspecified atom stereocenters. The molecule has 2 aromatic rings. The number of aromatic nitrogens is 1. The summed E-state index contributed by atoms with van der Waals surface area (Å²) in [6.07, 6.45) is 2.55. The lowest BCUT2D eigenvalue weighted by atomic mass is 10.2. The predicted molar refractivity (Wildman–Crippen MR) is 76.5 cm³/mol. The van der Waals surface area contributed by atoms with E-state index in [0.717, 1.165) is 11.9 Å². The lowest BCUT2D eigenvalue weighted by Gasteiger charge is -2.09. The third-order valence-electron chi connectivity index (χ3n) is 2.71. The molecule has 0 bridgehead atoms. The van der Waals surface area contributed by atoms with E-state index in [1.807, 2.05) is 6.92 Å². The average molecular weight is 290 g/mol. The van der Waals surface area contributed by atoms with E-state index in [0.29, 0.717) is 5.56 Å². The molecule has 104 valence electrons. The Kier molecular flexibility index (Phi) is 3.85. The summed E-state index contributed by atoms with van der Waals surface area (Å²) in [5.74, 6) is -0.395. The normalized spacial score (nSPS) is 11.1. The molecule has 0 spiro atoms. The van der Waals surface area contributed by atoms with Crippen LogP contribution >= 0.6 is 0 Å². The Morgan fingerprint density at radius 1 is 1.15 bits per heavy atom. The van der Waals surface area contributed by atoms with Gasteiger partial charge in [0.1, 0.15) is 0 Å². The summed E-state index contributed by atoms with van der Waals surface area (Å²) in [6, 6.07) is 9.64. The van der Waals surface area contributed by atoms with E-state index >= 15 is 0 Å². The molecule has 1 aromatic heterocycles. The Morgan fingerprint density at radius 3 is 2.45 bits per heavy atom. The van der Waals surface area contributed by atoms with Crippen LogP contribution in [0.25, 0.3) is 0 Å². The first-order chi connectivity index (χ1) is 9.38. The highest BCUT2D eigenvalue weighted by atomic mass is 32.2. The summed E-state index contributed by atoms with van der Waals surface area (Å²) in [5, 5.41) is 2.59. The largest absolute Gasteiger partial charge is 0.321 e. The van der Waals surface area contributed by atoms with Crippen molar-refractivity contribution in [3.63, 3.8) is 0 Å². The molecule has 0 radical (unpaired) electrons. The first-order valence-electron chi connectivity index (χ1n) is 5.91. The van der Waals surface area contributed by atoms with Crippen molar-refractivity contribution in [2.75, 3.05) is 11.6 Å². The number of carbonyl (C=O) groups excluding carboxylic acids is 1. The smallest absolute Gasteiger partial charge is 0.257 e. The maximum atomic E-state index is 12.1. The number of nitrogens with one attached hydrogen (secondary N) is 1. The van der Waals surface area contributed by atoms with Gasteiger partial charge in [0.15, 0.2) is 9.84 Å². The quantitative estimate of drug-likeness (QED) is 0.938. The summed E-state index contributed by atoms with van der Waals surface area (Å²) in [6.45, 7) is 1.82. The van der Waals surface area contributed by atoms with Crippen LogP contribution in [-0.4, -0.2) is 25.6 Å². The topological polar surface area (TPSA) is 76.1 Å². The molecule has 1 N–H and O–H groups in total. The molecular weight excluding hydrogens is 276 g/mol. The van der Waals surface area contributed by atoms with Crippen LogP contribution in [0, 0.1) is 6.92 Å². The minimum Gasteiger partial charge on any atom is -0.321 e. The molecule has 0 aliphatic heterocycles. The number of pyridine rings is 1. The van der Waals surface area contributed by atoms with E-state index in [1.54, 1.807) is 30.3 Å². The summed E-state index contributed by atoms with van der Waals surface area (Å²) < 4.78 is 23.3. The first-order valence-corrected chi connectivity index (χ1v) is 7.80. The number of benzene rings is 1. The number of hydrogen-bond donors (Lipinski definition) is 1. The lowest BCUT2D eigenvalue weighted by Crippen LogP contribution is -2.14. The van der Waals surface area contributed by atoms with E-state index in [2.05, 4.69) is 10.3 Å². The maximum absolute atomic E-state index is 12.1. The fourth-order valence-corrected chi connectivity index (χ4v) is 2.53. The minimum absolute atomic E-state index is 0.0911. The van der Waals surface area contributed by atoms with Gasteiger partial charge in [0.2, 0.25) is 0 Å². The van der Waals surface area contributed by atoms with Crippen LogP contribution in [-0.2, 0) is 9.84 Å². The number of carbonyl (C=O) groups is 1. The standard InChI is InChI=1S/C14H14N2O3S/c1-10-7-8-11(9-15-10)14(17)16-12-5-3-4-6-13(12)20(2,18)19/h3-9H,1-2H3,(H,16,17). The Hall–Kier alpha value is -2.21. The van der Waals surface area contributed by atoms with Crippen LogP contribution in [0.5, 0.6) is 0 Å². The van der Waals surface area contributed by atoms with Gasteiger partial charge >= 0.3 is 0 Å². The Morgan fingerprint density at radius 2 is 1.85 bits per heavy atom. The highest BCUT2D eigenvalue weighted by molar-refractivity contribution is 7.90. The van der Waals surface area contributed by atoms with Gasteiger partial charge in [-0.15, -0.1) is 0 Å². The molecule has 0 fully saturated rings. The number of nitrogens with zero attached hydrogens (tertiary/aromatic N) is 1. The number of rotatable bonds is 3. The third kappa shape index (κ3) is 3.21. The number of anilines is 1. The number of sulfone groups is 1. The molecule has 1 aromatic carbocycles. The van der Waals surface area contributed by atoms with Gasteiger partial charge in [-0.05, 0) is 31.2 Å². The zero-order chi connectivity index (χ0) is 14.8. The average Bonchev–Trinajstić information content (AvgIpc) is 2.38. The van der Waals surface area contributed by atoms with Crippen molar-refractivity contribution in [3.8, 4) is 0 Å². The molecule has 5 nitrogen and oxygen atoms in total. The van der Waals surface area contributed by atoms with E-state index in [1.165, 1.54) is 12.3 Å². The van der Waals surface area contributed by atoms with Gasteiger partial charge in [-0.1, -0.05) is 12.1 Å². The molecule has 0 aliphatic rings. The molecule has 0 saturated heterocycles. The number of hydrogen-bond acceptors (Lipinski definition) is 4. The number of aryl methyl sites for hydroxylation is 1. The van der Waals surface area contributed by atoms with Crippen molar-refractivity contribution in [2.45, 2.75) is 11.8 Å². The van der Waals surface area contributed by atoms with Gasteiger partial charge < -0.3 is 5.32 Å². The van der Waals surface area contributed by atoms with Crippen LogP contribution in [0.15, 0.2) is 47.5 Å². The van der Waals surface area contributed by atoms with Crippen molar-refractivity contribution in [3.05, 3.63) is 53.9 Å². The van der Waals surface area contributed by atoms with Crippen LogP contribution in [0.3, 0.4) is 0 Å². The van der Waals surface area contributed by atoms with Crippen LogP contribution in [0.2, 0.25) is 0 Å². The van der Waals surface area contributed by atoms with Crippen LogP contribution < -0.4 is 5.32 Å². The first kappa shape index (κ1) is 14.2. The van der Waals surface area contributed by atoms with E-state index in [4.69, 9.17) is 0 Å². The molecule has 6 heteroatoms. The van der Waals surface area contributed by atoms with E-state index in [-0.39, 0.29) is 10.6 Å². The second-order valence-electron chi connectivity index (χ2n) is 4.41. The molecule has 0 aliphatic carbocycles.